The summed E-state index contributed by atoms with van der Waals surface area (Å²) >= 11 is 6.05. The monoisotopic (exact) mass is 404 g/mol. The summed E-state index contributed by atoms with van der Waals surface area (Å²) in [5.41, 5.74) is 0.354. The molecule has 0 spiro atoms. The minimum absolute atomic E-state index is 0.0357. The zero-order chi connectivity index (χ0) is 19.7. The van der Waals surface area contributed by atoms with Gasteiger partial charge in [0.25, 0.3) is 0 Å². The molecule has 0 bridgehead atoms. The van der Waals surface area contributed by atoms with Crippen LogP contribution in [0, 0.1) is 0 Å². The minimum atomic E-state index is -4.54. The van der Waals surface area contributed by atoms with Crippen LogP contribution in [0.5, 0.6) is 0 Å². The molecule has 8 heteroatoms. The number of alkyl halides is 3. The summed E-state index contributed by atoms with van der Waals surface area (Å²) in [5.74, 6) is 0.600. The van der Waals surface area contributed by atoms with Crippen molar-refractivity contribution in [1.29, 1.82) is 0 Å². The number of nitrogens with one attached hydrogen (secondary N) is 2. The number of aromatic nitrogens is 2. The number of nitrogens with zero attached hydrogens (tertiary/aromatic N) is 2. The van der Waals surface area contributed by atoms with Gasteiger partial charge in [0, 0.05) is 17.7 Å². The molecule has 0 radical (unpaired) electrons. The van der Waals surface area contributed by atoms with Gasteiger partial charge in [-0.3, -0.25) is 0 Å². The number of benzene rings is 2. The number of hydrogen-bond acceptors (Lipinski definition) is 4. The summed E-state index contributed by atoms with van der Waals surface area (Å²) in [6, 6.07) is 14.9. The Labute approximate surface area is 164 Å². The maximum Gasteiger partial charge on any atom is 0.418 e. The first-order valence-electron chi connectivity index (χ1n) is 8.74. The van der Waals surface area contributed by atoms with E-state index >= 15 is 0 Å². The van der Waals surface area contributed by atoms with Crippen LogP contribution in [0.2, 0.25) is 5.02 Å². The van der Waals surface area contributed by atoms with E-state index < -0.39 is 11.7 Å². The van der Waals surface area contributed by atoms with Gasteiger partial charge in [0.15, 0.2) is 0 Å². The van der Waals surface area contributed by atoms with Crippen molar-refractivity contribution in [2.45, 2.75) is 25.1 Å². The molecule has 4 rings (SSSR count). The quantitative estimate of drug-likeness (QED) is 0.536. The van der Waals surface area contributed by atoms with Crippen molar-refractivity contribution in [3.63, 3.8) is 0 Å². The van der Waals surface area contributed by atoms with E-state index in [1.807, 2.05) is 30.3 Å². The van der Waals surface area contributed by atoms with Gasteiger partial charge >= 0.3 is 6.18 Å². The van der Waals surface area contributed by atoms with Crippen molar-refractivity contribution in [3.05, 3.63) is 65.2 Å². The molecule has 1 fully saturated rings. The number of para-hydroxylation sites is 1. The molecular formula is C20H16ClF3N4. The summed E-state index contributed by atoms with van der Waals surface area (Å²) in [5, 5.41) is 5.91. The van der Waals surface area contributed by atoms with Gasteiger partial charge in [-0.2, -0.15) is 18.2 Å². The second-order valence-corrected chi connectivity index (χ2v) is 6.94. The van der Waals surface area contributed by atoms with Crippen LogP contribution in [0.4, 0.5) is 30.6 Å². The molecule has 0 aliphatic heterocycles. The van der Waals surface area contributed by atoms with Crippen LogP contribution in [0.1, 0.15) is 18.4 Å². The molecule has 144 valence electrons. The van der Waals surface area contributed by atoms with Gasteiger partial charge in [-0.1, -0.05) is 48.0 Å². The lowest BCUT2D eigenvalue weighted by Crippen LogP contribution is -2.11. The lowest BCUT2D eigenvalue weighted by atomic mass is 10.1. The second kappa shape index (κ2) is 7.31. The predicted octanol–water partition coefficient (Wildman–Crippen LogP) is 6.13. The van der Waals surface area contributed by atoms with Crippen LogP contribution in [0.15, 0.2) is 54.6 Å². The van der Waals surface area contributed by atoms with E-state index in [2.05, 4.69) is 20.6 Å². The van der Waals surface area contributed by atoms with Crippen LogP contribution >= 0.6 is 11.6 Å². The van der Waals surface area contributed by atoms with E-state index in [9.17, 15) is 13.2 Å². The molecule has 1 saturated carbocycles. The average Bonchev–Trinajstić information content (AvgIpc) is 3.47. The third-order valence-corrected chi connectivity index (χ3v) is 4.59. The van der Waals surface area contributed by atoms with Crippen molar-refractivity contribution >= 4 is 29.1 Å². The Bertz CT molecular complexity index is 988. The third kappa shape index (κ3) is 4.20. The van der Waals surface area contributed by atoms with Crippen LogP contribution in [0.25, 0.3) is 11.3 Å². The van der Waals surface area contributed by atoms with Gasteiger partial charge in [0.2, 0.25) is 5.95 Å². The highest BCUT2D eigenvalue weighted by Crippen LogP contribution is 2.40. The number of hydrogen-bond donors (Lipinski definition) is 2. The fourth-order valence-electron chi connectivity index (χ4n) is 2.76. The highest BCUT2D eigenvalue weighted by Gasteiger charge is 2.34. The summed E-state index contributed by atoms with van der Waals surface area (Å²) in [7, 11) is 0. The van der Waals surface area contributed by atoms with Crippen LogP contribution in [-0.4, -0.2) is 16.0 Å². The molecule has 0 saturated heterocycles. The molecule has 4 nitrogen and oxygen atoms in total. The van der Waals surface area contributed by atoms with Gasteiger partial charge in [-0.05, 0) is 25.0 Å². The first-order valence-corrected chi connectivity index (χ1v) is 9.12. The lowest BCUT2D eigenvalue weighted by Gasteiger charge is -2.16. The molecule has 28 heavy (non-hydrogen) atoms. The molecule has 0 amide bonds. The maximum absolute atomic E-state index is 13.4. The van der Waals surface area contributed by atoms with Gasteiger partial charge < -0.3 is 10.6 Å². The summed E-state index contributed by atoms with van der Waals surface area (Å²) in [6.07, 6.45) is -2.51. The van der Waals surface area contributed by atoms with E-state index in [1.165, 1.54) is 12.1 Å². The SMILES string of the molecule is FC(F)(F)c1cccc(Cl)c1Nc1cc(-c2ccccc2)nc(NC2CC2)n1. The third-order valence-electron chi connectivity index (χ3n) is 4.28. The molecule has 1 aliphatic rings. The second-order valence-electron chi connectivity index (χ2n) is 6.53. The first-order chi connectivity index (χ1) is 13.4. The van der Waals surface area contributed by atoms with E-state index in [0.717, 1.165) is 24.5 Å². The van der Waals surface area contributed by atoms with E-state index in [0.29, 0.717) is 17.7 Å². The Hall–Kier alpha value is -2.80. The van der Waals surface area contributed by atoms with Crippen LogP contribution in [-0.2, 0) is 6.18 Å². The topological polar surface area (TPSA) is 49.8 Å². The summed E-state index contributed by atoms with van der Waals surface area (Å²) < 4.78 is 40.2. The molecule has 3 aromatic rings. The van der Waals surface area contributed by atoms with Gasteiger partial charge in [-0.15, -0.1) is 0 Å². The van der Waals surface area contributed by atoms with Crippen LogP contribution in [0.3, 0.4) is 0 Å². The summed E-state index contributed by atoms with van der Waals surface area (Å²) in [4.78, 5) is 8.84. The Morgan fingerprint density at radius 2 is 1.71 bits per heavy atom. The molecule has 2 N–H and O–H groups in total. The Morgan fingerprint density at radius 1 is 0.964 bits per heavy atom. The van der Waals surface area contributed by atoms with E-state index in [-0.39, 0.29) is 16.5 Å². The Morgan fingerprint density at radius 3 is 2.39 bits per heavy atom. The standard InChI is InChI=1S/C20H16ClF3N4/c21-15-8-4-7-14(20(22,23)24)18(15)27-17-11-16(12-5-2-1-3-6-12)26-19(28-17)25-13-9-10-13/h1-8,11,13H,9-10H2,(H2,25,26,27,28). The fourth-order valence-corrected chi connectivity index (χ4v) is 2.98. The highest BCUT2D eigenvalue weighted by atomic mass is 35.5. The Balaban J connectivity index is 1.76. The first kappa shape index (κ1) is 18.6. The Kier molecular flexibility index (Phi) is 4.85. The number of halogens is 4. The van der Waals surface area contributed by atoms with Gasteiger partial charge in [-0.25, -0.2) is 4.98 Å². The average molecular weight is 405 g/mol. The smallest absolute Gasteiger partial charge is 0.351 e. The number of anilines is 3. The molecule has 1 heterocycles. The van der Waals surface area contributed by atoms with Crippen molar-refractivity contribution in [2.75, 3.05) is 10.6 Å². The van der Waals surface area contributed by atoms with E-state index in [4.69, 9.17) is 11.6 Å². The molecule has 0 atom stereocenters. The molecular weight excluding hydrogens is 389 g/mol. The predicted molar refractivity (Wildman–Crippen MR) is 104 cm³/mol. The van der Waals surface area contributed by atoms with Crippen molar-refractivity contribution < 1.29 is 13.2 Å². The molecule has 1 aromatic heterocycles. The highest BCUT2D eigenvalue weighted by molar-refractivity contribution is 6.33. The zero-order valence-corrected chi connectivity index (χ0v) is 15.3. The van der Waals surface area contributed by atoms with Crippen molar-refractivity contribution in [2.24, 2.45) is 0 Å². The molecule has 1 aliphatic carbocycles. The zero-order valence-electron chi connectivity index (χ0n) is 14.6. The number of rotatable bonds is 5. The fraction of sp³-hybridized carbons (Fsp3) is 0.200. The summed E-state index contributed by atoms with van der Waals surface area (Å²) in [6.45, 7) is 0. The van der Waals surface area contributed by atoms with Crippen LogP contribution < -0.4 is 10.6 Å². The molecule has 0 unspecified atom stereocenters. The van der Waals surface area contributed by atoms with Crippen molar-refractivity contribution in [3.8, 4) is 11.3 Å². The largest absolute Gasteiger partial charge is 0.418 e. The lowest BCUT2D eigenvalue weighted by molar-refractivity contribution is -0.136. The minimum Gasteiger partial charge on any atom is -0.351 e. The van der Waals surface area contributed by atoms with Gasteiger partial charge in [0.1, 0.15) is 5.82 Å². The molecule has 2 aromatic carbocycles. The van der Waals surface area contributed by atoms with Gasteiger partial charge in [0.05, 0.1) is 22.0 Å². The van der Waals surface area contributed by atoms with Crippen molar-refractivity contribution in [1.82, 2.24) is 9.97 Å². The maximum atomic E-state index is 13.4. The normalized spacial score (nSPS) is 14.0. The van der Waals surface area contributed by atoms with E-state index in [1.54, 1.807) is 6.07 Å².